The minimum Gasteiger partial charge on any atom is -0.491 e. The number of halogens is 1. The Hall–Kier alpha value is -4.28. The molecule has 0 spiro atoms. The third-order valence-electron chi connectivity index (χ3n) is 5.77. The first-order chi connectivity index (χ1) is 18.0. The fourth-order valence-corrected chi connectivity index (χ4v) is 4.25. The van der Waals surface area contributed by atoms with Crippen molar-refractivity contribution in [3.63, 3.8) is 0 Å². The molecule has 37 heavy (non-hydrogen) atoms. The van der Waals surface area contributed by atoms with E-state index >= 15 is 0 Å². The summed E-state index contributed by atoms with van der Waals surface area (Å²) in [7, 11) is 0. The number of hydrogen-bond acceptors (Lipinski definition) is 8. The lowest BCUT2D eigenvalue weighted by molar-refractivity contribution is -0.131. The van der Waals surface area contributed by atoms with Gasteiger partial charge in [0.1, 0.15) is 18.9 Å². The molecule has 0 aliphatic carbocycles. The van der Waals surface area contributed by atoms with Crippen LogP contribution in [0.2, 0.25) is 5.02 Å². The normalized spacial score (nSPS) is 13.3. The molecule has 2 amide bonds. The van der Waals surface area contributed by atoms with Crippen molar-refractivity contribution in [3.05, 3.63) is 89.0 Å². The number of para-hydroxylation sites is 1. The SMILES string of the molecule is O=C1CN(C(=O)c2ccc(OCCO)cc2Cl)c2ccccc2CN1Cc1nnc(-c2cccnc2)o1. The Morgan fingerprint density at radius 3 is 2.76 bits per heavy atom. The molecule has 1 N–H and O–H groups in total. The number of amides is 2. The molecule has 10 nitrogen and oxygen atoms in total. The molecule has 0 fully saturated rings. The molecule has 2 aromatic heterocycles. The number of carbonyl (C=O) groups is 2. The largest absolute Gasteiger partial charge is 0.491 e. The van der Waals surface area contributed by atoms with Crippen LogP contribution in [0.3, 0.4) is 0 Å². The average molecular weight is 520 g/mol. The third-order valence-corrected chi connectivity index (χ3v) is 6.08. The van der Waals surface area contributed by atoms with Crippen molar-refractivity contribution in [2.24, 2.45) is 0 Å². The van der Waals surface area contributed by atoms with E-state index in [0.717, 1.165) is 5.56 Å². The van der Waals surface area contributed by atoms with Crippen LogP contribution < -0.4 is 9.64 Å². The number of aliphatic hydroxyl groups excluding tert-OH is 1. The van der Waals surface area contributed by atoms with Gasteiger partial charge in [0.05, 0.1) is 29.3 Å². The van der Waals surface area contributed by atoms with Crippen molar-refractivity contribution in [2.45, 2.75) is 13.1 Å². The highest BCUT2D eigenvalue weighted by Gasteiger charge is 2.31. The van der Waals surface area contributed by atoms with E-state index in [1.165, 1.54) is 11.0 Å². The van der Waals surface area contributed by atoms with E-state index in [9.17, 15) is 9.59 Å². The summed E-state index contributed by atoms with van der Waals surface area (Å²) < 4.78 is 11.1. The molecule has 5 rings (SSSR count). The molecule has 0 bridgehead atoms. The van der Waals surface area contributed by atoms with Gasteiger partial charge in [-0.05, 0) is 42.0 Å². The van der Waals surface area contributed by atoms with Crippen LogP contribution in [0.5, 0.6) is 5.75 Å². The molecule has 188 valence electrons. The Morgan fingerprint density at radius 1 is 1.11 bits per heavy atom. The molecule has 1 aliphatic rings. The zero-order chi connectivity index (χ0) is 25.8. The second-order valence-electron chi connectivity index (χ2n) is 8.23. The lowest BCUT2D eigenvalue weighted by Crippen LogP contribution is -2.40. The van der Waals surface area contributed by atoms with Crippen LogP contribution >= 0.6 is 11.6 Å². The summed E-state index contributed by atoms with van der Waals surface area (Å²) in [6.07, 6.45) is 3.26. The number of anilines is 1. The monoisotopic (exact) mass is 519 g/mol. The van der Waals surface area contributed by atoms with Crippen molar-refractivity contribution >= 4 is 29.1 Å². The summed E-state index contributed by atoms with van der Waals surface area (Å²) in [6.45, 7) is 0.108. The van der Waals surface area contributed by atoms with Gasteiger partial charge >= 0.3 is 0 Å². The molecule has 0 radical (unpaired) electrons. The van der Waals surface area contributed by atoms with Crippen LogP contribution in [0, 0.1) is 0 Å². The van der Waals surface area contributed by atoms with Crippen molar-refractivity contribution in [1.82, 2.24) is 20.1 Å². The predicted molar refractivity (Wildman–Crippen MR) is 134 cm³/mol. The highest BCUT2D eigenvalue weighted by molar-refractivity contribution is 6.34. The van der Waals surface area contributed by atoms with E-state index in [1.54, 1.807) is 47.6 Å². The van der Waals surface area contributed by atoms with Crippen LogP contribution in [-0.2, 0) is 17.9 Å². The molecular formula is C26H22ClN5O5. The predicted octanol–water partition coefficient (Wildman–Crippen LogP) is 3.35. The molecule has 0 unspecified atom stereocenters. The van der Waals surface area contributed by atoms with E-state index in [4.69, 9.17) is 25.9 Å². The summed E-state index contributed by atoms with van der Waals surface area (Å²) >= 11 is 6.40. The molecule has 2 aromatic carbocycles. The number of benzene rings is 2. The Morgan fingerprint density at radius 2 is 1.97 bits per heavy atom. The van der Waals surface area contributed by atoms with Gasteiger partial charge in [0.15, 0.2) is 0 Å². The molecule has 0 saturated heterocycles. The van der Waals surface area contributed by atoms with E-state index < -0.39 is 5.91 Å². The van der Waals surface area contributed by atoms with Gasteiger partial charge < -0.3 is 19.2 Å². The number of pyridine rings is 1. The van der Waals surface area contributed by atoms with Crippen molar-refractivity contribution in [2.75, 3.05) is 24.7 Å². The van der Waals surface area contributed by atoms with Crippen LogP contribution in [0.1, 0.15) is 21.8 Å². The van der Waals surface area contributed by atoms with E-state index in [1.807, 2.05) is 18.2 Å². The van der Waals surface area contributed by atoms with Crippen LogP contribution in [0.4, 0.5) is 5.69 Å². The number of rotatable bonds is 7. The number of ether oxygens (including phenoxy) is 1. The number of aliphatic hydroxyl groups is 1. The van der Waals surface area contributed by atoms with Crippen molar-refractivity contribution in [3.8, 4) is 17.2 Å². The smallest absolute Gasteiger partial charge is 0.260 e. The lowest BCUT2D eigenvalue weighted by atomic mass is 10.1. The Kier molecular flexibility index (Phi) is 7.11. The summed E-state index contributed by atoms with van der Waals surface area (Å²) in [5.74, 6) is 0.302. The molecule has 0 saturated carbocycles. The lowest BCUT2D eigenvalue weighted by Gasteiger charge is -2.23. The van der Waals surface area contributed by atoms with Crippen molar-refractivity contribution < 1.29 is 23.8 Å². The van der Waals surface area contributed by atoms with Crippen LogP contribution in [0.15, 0.2) is 71.4 Å². The Balaban J connectivity index is 1.39. The van der Waals surface area contributed by atoms with Gasteiger partial charge in [-0.3, -0.25) is 19.5 Å². The first-order valence-electron chi connectivity index (χ1n) is 11.5. The number of nitrogens with zero attached hydrogens (tertiary/aromatic N) is 5. The first-order valence-corrected chi connectivity index (χ1v) is 11.8. The summed E-state index contributed by atoms with van der Waals surface area (Å²) in [4.78, 5) is 33.9. The summed E-state index contributed by atoms with van der Waals surface area (Å²) in [5.41, 5.74) is 2.30. The van der Waals surface area contributed by atoms with Gasteiger partial charge in [0.25, 0.3) is 5.91 Å². The third kappa shape index (κ3) is 5.30. The van der Waals surface area contributed by atoms with Gasteiger partial charge in [0, 0.05) is 24.6 Å². The molecule has 1 aliphatic heterocycles. The van der Waals surface area contributed by atoms with Crippen molar-refractivity contribution in [1.29, 1.82) is 0 Å². The maximum Gasteiger partial charge on any atom is 0.260 e. The average Bonchev–Trinajstić information content (AvgIpc) is 3.34. The number of aromatic nitrogens is 3. The van der Waals surface area contributed by atoms with Crippen LogP contribution in [-0.4, -0.2) is 56.8 Å². The zero-order valence-electron chi connectivity index (χ0n) is 19.6. The van der Waals surface area contributed by atoms with Gasteiger partial charge in [-0.2, -0.15) is 0 Å². The molecule has 4 aromatic rings. The summed E-state index contributed by atoms with van der Waals surface area (Å²) in [6, 6.07) is 15.5. The minimum absolute atomic E-state index is 0.0834. The van der Waals surface area contributed by atoms with E-state index in [0.29, 0.717) is 22.9 Å². The second kappa shape index (κ2) is 10.8. The molecule has 3 heterocycles. The maximum atomic E-state index is 13.6. The highest BCUT2D eigenvalue weighted by Crippen LogP contribution is 2.30. The quantitative estimate of drug-likeness (QED) is 0.394. The fourth-order valence-electron chi connectivity index (χ4n) is 4.00. The standard InChI is InChI=1S/C26H22ClN5O5/c27-21-12-19(36-11-10-33)7-8-20(21)26(35)32-16-24(34)31(14-18-4-1-2-6-22(18)32)15-23-29-30-25(37-23)17-5-3-9-28-13-17/h1-9,12-13,33H,10-11,14-16H2. The van der Waals surface area contributed by atoms with Gasteiger partial charge in [-0.25, -0.2) is 0 Å². The van der Waals surface area contributed by atoms with Crippen LogP contribution in [0.25, 0.3) is 11.5 Å². The minimum atomic E-state index is -0.419. The Bertz CT molecular complexity index is 1430. The highest BCUT2D eigenvalue weighted by atomic mass is 35.5. The fraction of sp³-hybridized carbons (Fsp3) is 0.192. The summed E-state index contributed by atoms with van der Waals surface area (Å²) in [5, 5.41) is 17.3. The first kappa shape index (κ1) is 24.4. The van der Waals surface area contributed by atoms with Gasteiger partial charge in [-0.15, -0.1) is 10.2 Å². The number of hydrogen-bond donors (Lipinski definition) is 1. The zero-order valence-corrected chi connectivity index (χ0v) is 20.3. The van der Waals surface area contributed by atoms with Gasteiger partial charge in [-0.1, -0.05) is 29.8 Å². The topological polar surface area (TPSA) is 122 Å². The van der Waals surface area contributed by atoms with E-state index in [-0.39, 0.29) is 55.2 Å². The number of carbonyl (C=O) groups excluding carboxylic acids is 2. The van der Waals surface area contributed by atoms with Gasteiger partial charge in [0.2, 0.25) is 17.7 Å². The molecule has 11 heteroatoms. The molecular weight excluding hydrogens is 498 g/mol. The maximum absolute atomic E-state index is 13.6. The Labute approximate surface area is 217 Å². The molecule has 0 atom stereocenters. The van der Waals surface area contributed by atoms with E-state index in [2.05, 4.69) is 15.2 Å². The number of fused-ring (bicyclic) bond motifs is 1. The second-order valence-corrected chi connectivity index (χ2v) is 8.63.